The summed E-state index contributed by atoms with van der Waals surface area (Å²) in [5.74, 6) is 2.00. The number of hydrogen-bond donors (Lipinski definition) is 0. The Bertz CT molecular complexity index is 1540. The van der Waals surface area contributed by atoms with E-state index in [1.165, 1.54) is 16.7 Å². The average Bonchev–Trinajstić information content (AvgIpc) is 3.02. The lowest BCUT2D eigenvalue weighted by Gasteiger charge is -2.10. The predicted molar refractivity (Wildman–Crippen MR) is 156 cm³/mol. The van der Waals surface area contributed by atoms with Gasteiger partial charge in [0.1, 0.15) is 0 Å². The van der Waals surface area contributed by atoms with Crippen molar-refractivity contribution in [1.82, 2.24) is 15.0 Å². The molecule has 0 fully saturated rings. The molecule has 182 valence electrons. The van der Waals surface area contributed by atoms with E-state index in [-0.39, 0.29) is 0 Å². The summed E-state index contributed by atoms with van der Waals surface area (Å²) < 4.78 is 0. The second-order valence-corrected chi connectivity index (χ2v) is 9.24. The molecule has 0 atom stereocenters. The molecule has 38 heavy (non-hydrogen) atoms. The van der Waals surface area contributed by atoms with E-state index in [2.05, 4.69) is 128 Å². The molecule has 0 bridgehead atoms. The zero-order valence-electron chi connectivity index (χ0n) is 21.3. The van der Waals surface area contributed by atoms with Gasteiger partial charge in [0, 0.05) is 16.7 Å². The van der Waals surface area contributed by atoms with Crippen LogP contribution in [0.15, 0.2) is 133 Å². The molecule has 0 aliphatic rings. The van der Waals surface area contributed by atoms with Crippen LogP contribution in [-0.2, 0) is 6.42 Å². The first-order chi connectivity index (χ1) is 18.8. The summed E-state index contributed by atoms with van der Waals surface area (Å²) in [4.78, 5) is 14.7. The van der Waals surface area contributed by atoms with Gasteiger partial charge in [-0.15, -0.1) is 0 Å². The molecule has 0 radical (unpaired) electrons. The maximum Gasteiger partial charge on any atom is 0.164 e. The summed E-state index contributed by atoms with van der Waals surface area (Å²) in [7, 11) is 0. The fourth-order valence-corrected chi connectivity index (χ4v) is 4.54. The molecule has 3 heteroatoms. The zero-order chi connectivity index (χ0) is 25.7. The minimum absolute atomic E-state index is 0.663. The van der Waals surface area contributed by atoms with Crippen molar-refractivity contribution in [2.75, 3.05) is 0 Å². The van der Waals surface area contributed by atoms with Gasteiger partial charge >= 0.3 is 0 Å². The first-order valence-corrected chi connectivity index (χ1v) is 12.9. The average molecular weight is 490 g/mol. The Hall–Kier alpha value is -4.89. The van der Waals surface area contributed by atoms with Crippen LogP contribution in [0.2, 0.25) is 0 Å². The van der Waals surface area contributed by atoms with E-state index in [1.807, 2.05) is 12.1 Å². The Kier molecular flexibility index (Phi) is 6.57. The summed E-state index contributed by atoms with van der Waals surface area (Å²) in [6, 6.07) is 46.1. The molecule has 1 heterocycles. The molecule has 3 nitrogen and oxygen atoms in total. The Morgan fingerprint density at radius 3 is 0.974 bits per heavy atom. The predicted octanol–water partition coefficient (Wildman–Crippen LogP) is 8.77. The number of hydrogen-bond acceptors (Lipinski definition) is 3. The molecule has 6 aromatic rings. The Balaban J connectivity index is 1.41. The maximum atomic E-state index is 4.92. The highest BCUT2D eigenvalue weighted by Crippen LogP contribution is 2.28. The lowest BCUT2D eigenvalue weighted by molar-refractivity contribution is 1.07. The van der Waals surface area contributed by atoms with Crippen LogP contribution in [0.4, 0.5) is 0 Å². The van der Waals surface area contributed by atoms with Gasteiger partial charge in [-0.05, 0) is 34.2 Å². The molecule has 0 saturated carbocycles. The van der Waals surface area contributed by atoms with Crippen molar-refractivity contribution in [1.29, 1.82) is 0 Å². The van der Waals surface area contributed by atoms with E-state index in [0.717, 1.165) is 34.2 Å². The van der Waals surface area contributed by atoms with E-state index in [1.54, 1.807) is 0 Å². The van der Waals surface area contributed by atoms with Crippen LogP contribution in [0.3, 0.4) is 0 Å². The minimum Gasteiger partial charge on any atom is -0.208 e. The zero-order valence-corrected chi connectivity index (χ0v) is 21.3. The highest BCUT2D eigenvalue weighted by atomic mass is 15.0. The molecule has 0 amide bonds. The van der Waals surface area contributed by atoms with Crippen LogP contribution in [-0.4, -0.2) is 15.0 Å². The highest BCUT2D eigenvalue weighted by Gasteiger charge is 2.13. The molecular weight excluding hydrogens is 462 g/mol. The number of rotatable bonds is 6. The monoisotopic (exact) mass is 489 g/mol. The summed E-state index contributed by atoms with van der Waals surface area (Å²) in [5.41, 5.74) is 8.88. The lowest BCUT2D eigenvalue weighted by Crippen LogP contribution is -2.00. The van der Waals surface area contributed by atoms with Crippen LogP contribution in [0.1, 0.15) is 12.5 Å². The van der Waals surface area contributed by atoms with Crippen molar-refractivity contribution >= 4 is 0 Å². The summed E-state index contributed by atoms with van der Waals surface area (Å²) in [6.07, 6.45) is 0.996. The van der Waals surface area contributed by atoms with Crippen LogP contribution in [0.25, 0.3) is 56.4 Å². The minimum atomic E-state index is 0.663. The summed E-state index contributed by atoms with van der Waals surface area (Å²) in [6.45, 7) is 2.16. The smallest absolute Gasteiger partial charge is 0.164 e. The number of aromatic nitrogens is 3. The second-order valence-electron chi connectivity index (χ2n) is 9.24. The van der Waals surface area contributed by atoms with Crippen molar-refractivity contribution in [3.8, 4) is 56.4 Å². The molecule has 5 aromatic carbocycles. The van der Waals surface area contributed by atoms with Crippen molar-refractivity contribution < 1.29 is 0 Å². The topological polar surface area (TPSA) is 38.7 Å². The Morgan fingerprint density at radius 1 is 0.342 bits per heavy atom. The van der Waals surface area contributed by atoms with E-state index in [4.69, 9.17) is 15.0 Å². The molecule has 0 spiro atoms. The first kappa shape index (κ1) is 23.5. The fourth-order valence-electron chi connectivity index (χ4n) is 4.54. The Morgan fingerprint density at radius 2 is 0.632 bits per heavy atom. The van der Waals surface area contributed by atoms with Gasteiger partial charge in [-0.25, -0.2) is 15.0 Å². The van der Waals surface area contributed by atoms with Crippen molar-refractivity contribution in [3.63, 3.8) is 0 Å². The van der Waals surface area contributed by atoms with Gasteiger partial charge in [-0.3, -0.25) is 0 Å². The van der Waals surface area contributed by atoms with Gasteiger partial charge in [0.15, 0.2) is 17.5 Å². The third-order valence-corrected chi connectivity index (χ3v) is 6.76. The first-order valence-electron chi connectivity index (χ1n) is 12.9. The normalized spacial score (nSPS) is 10.9. The summed E-state index contributed by atoms with van der Waals surface area (Å²) >= 11 is 0. The van der Waals surface area contributed by atoms with Crippen LogP contribution < -0.4 is 0 Å². The standard InChI is InChI=1S/C35H27N3/c1-2-25-13-15-30(16-14-25)33-36-34(31-21-17-28(18-22-31)26-9-5-3-6-10-26)38-35(37-33)32-23-19-29(20-24-32)27-11-7-4-8-12-27/h3-24H,2H2,1H3. The van der Waals surface area contributed by atoms with Gasteiger partial charge < -0.3 is 0 Å². The largest absolute Gasteiger partial charge is 0.208 e. The van der Waals surface area contributed by atoms with Crippen LogP contribution in [0, 0.1) is 0 Å². The summed E-state index contributed by atoms with van der Waals surface area (Å²) in [5, 5.41) is 0. The molecule has 0 saturated heterocycles. The molecule has 0 unspecified atom stereocenters. The van der Waals surface area contributed by atoms with Gasteiger partial charge in [-0.1, -0.05) is 140 Å². The second kappa shape index (κ2) is 10.6. The van der Waals surface area contributed by atoms with E-state index in [9.17, 15) is 0 Å². The Labute approximate surface area is 223 Å². The van der Waals surface area contributed by atoms with Gasteiger partial charge in [0.05, 0.1) is 0 Å². The third kappa shape index (κ3) is 5.00. The van der Waals surface area contributed by atoms with E-state index >= 15 is 0 Å². The van der Waals surface area contributed by atoms with E-state index < -0.39 is 0 Å². The third-order valence-electron chi connectivity index (χ3n) is 6.76. The lowest BCUT2D eigenvalue weighted by atomic mass is 10.0. The number of nitrogens with zero attached hydrogens (tertiary/aromatic N) is 3. The maximum absolute atomic E-state index is 4.92. The van der Waals surface area contributed by atoms with Gasteiger partial charge in [-0.2, -0.15) is 0 Å². The number of aryl methyl sites for hydroxylation is 1. The fraction of sp³-hybridized carbons (Fsp3) is 0.0571. The van der Waals surface area contributed by atoms with Crippen molar-refractivity contribution in [3.05, 3.63) is 139 Å². The van der Waals surface area contributed by atoms with Crippen molar-refractivity contribution in [2.45, 2.75) is 13.3 Å². The van der Waals surface area contributed by atoms with Crippen LogP contribution in [0.5, 0.6) is 0 Å². The molecule has 1 aromatic heterocycles. The van der Waals surface area contributed by atoms with Gasteiger partial charge in [0.25, 0.3) is 0 Å². The molecule has 0 N–H and O–H groups in total. The number of benzene rings is 5. The molecule has 0 aliphatic heterocycles. The molecular formula is C35H27N3. The van der Waals surface area contributed by atoms with Gasteiger partial charge in [0.2, 0.25) is 0 Å². The molecule has 6 rings (SSSR count). The molecule has 0 aliphatic carbocycles. The quantitative estimate of drug-likeness (QED) is 0.235. The SMILES string of the molecule is CCc1ccc(-c2nc(-c3ccc(-c4ccccc4)cc3)nc(-c3ccc(-c4ccccc4)cc3)n2)cc1. The van der Waals surface area contributed by atoms with E-state index in [0.29, 0.717) is 17.5 Å². The highest BCUT2D eigenvalue weighted by molar-refractivity contribution is 5.72. The van der Waals surface area contributed by atoms with Crippen molar-refractivity contribution in [2.24, 2.45) is 0 Å². The van der Waals surface area contributed by atoms with Crippen LogP contribution >= 0.6 is 0 Å².